The van der Waals surface area contributed by atoms with E-state index in [9.17, 15) is 4.79 Å². The highest BCUT2D eigenvalue weighted by Crippen LogP contribution is 2.68. The third kappa shape index (κ3) is 4.31. The second-order valence-electron chi connectivity index (χ2n) is 11.7. The van der Waals surface area contributed by atoms with Gasteiger partial charge in [-0.05, 0) is 75.8 Å². The van der Waals surface area contributed by atoms with Crippen LogP contribution in [0.15, 0.2) is 33.0 Å². The van der Waals surface area contributed by atoms with Crippen LogP contribution in [-0.2, 0) is 11.3 Å². The molecule has 0 atom stereocenters. The van der Waals surface area contributed by atoms with E-state index in [0.29, 0.717) is 34.2 Å². The molecule has 11 heteroatoms. The van der Waals surface area contributed by atoms with E-state index in [1.54, 1.807) is 6.33 Å². The smallest absolute Gasteiger partial charge is 0.231 e. The Bertz CT molecular complexity index is 1350. The van der Waals surface area contributed by atoms with Gasteiger partial charge in [0.15, 0.2) is 34.0 Å². The number of aromatic nitrogens is 4. The van der Waals surface area contributed by atoms with Gasteiger partial charge < -0.3 is 24.7 Å². The lowest BCUT2D eigenvalue weighted by molar-refractivity contribution is -0.135. The van der Waals surface area contributed by atoms with Crippen molar-refractivity contribution in [3.05, 3.63) is 22.9 Å². The fourth-order valence-corrected chi connectivity index (χ4v) is 7.33. The second kappa shape index (κ2) is 9.29. The molecule has 0 unspecified atom stereocenters. The van der Waals surface area contributed by atoms with E-state index in [0.717, 1.165) is 59.8 Å². The average molecular weight is 602 g/mol. The molecule has 1 amide bonds. The van der Waals surface area contributed by atoms with Crippen LogP contribution < -0.4 is 15.2 Å². The lowest BCUT2D eigenvalue weighted by atomic mass is 9.93. The zero-order chi connectivity index (χ0) is 26.8. The summed E-state index contributed by atoms with van der Waals surface area (Å²) in [4.78, 5) is 30.0. The van der Waals surface area contributed by atoms with Crippen molar-refractivity contribution in [1.29, 1.82) is 0 Å². The first kappa shape index (κ1) is 25.7. The molecule has 1 aromatic carbocycles. The summed E-state index contributed by atoms with van der Waals surface area (Å²) in [5.41, 5.74) is 6.95. The number of imidazole rings is 1. The Hall–Kier alpha value is -2.53. The summed E-state index contributed by atoms with van der Waals surface area (Å²) in [5.74, 6) is 3.57. The maximum absolute atomic E-state index is 13.1. The maximum atomic E-state index is 13.1. The lowest BCUT2D eigenvalue weighted by Gasteiger charge is -2.33. The van der Waals surface area contributed by atoms with E-state index < -0.39 is 0 Å². The second-order valence-corrected chi connectivity index (χ2v) is 13.5. The molecule has 38 heavy (non-hydrogen) atoms. The van der Waals surface area contributed by atoms with Gasteiger partial charge in [0.05, 0.1) is 6.33 Å². The molecule has 0 spiro atoms. The molecule has 2 fully saturated rings. The summed E-state index contributed by atoms with van der Waals surface area (Å²) in [6.45, 7) is 11.5. The Morgan fingerprint density at radius 2 is 1.82 bits per heavy atom. The molecule has 0 aromatic heterocycles. The van der Waals surface area contributed by atoms with E-state index in [-0.39, 0.29) is 23.5 Å². The predicted octanol–water partition coefficient (Wildman–Crippen LogP) is 5.31. The van der Waals surface area contributed by atoms with Crippen molar-refractivity contribution < 1.29 is 14.3 Å². The number of piperidine rings is 1. The number of anilines is 1. The molecule has 1 saturated carbocycles. The topological polar surface area (TPSA) is 108 Å². The highest BCUT2D eigenvalue weighted by molar-refractivity contribution is 9.10. The number of carbonyl (C=O) groups excluding carboxylic acids is 1. The van der Waals surface area contributed by atoms with Crippen LogP contribution in [0.3, 0.4) is 0 Å². The molecule has 202 valence electrons. The summed E-state index contributed by atoms with van der Waals surface area (Å²) in [6.07, 6.45) is 4.80. The van der Waals surface area contributed by atoms with E-state index >= 15 is 0 Å². The van der Waals surface area contributed by atoms with Crippen molar-refractivity contribution in [2.45, 2.75) is 63.6 Å². The number of amides is 1. The van der Waals surface area contributed by atoms with Crippen molar-refractivity contribution in [2.24, 2.45) is 22.7 Å². The normalized spacial score (nSPS) is 20.3. The van der Waals surface area contributed by atoms with Gasteiger partial charge in [-0.3, -0.25) is 4.79 Å². The van der Waals surface area contributed by atoms with Gasteiger partial charge in [0.25, 0.3) is 0 Å². The first-order valence-electron chi connectivity index (χ1n) is 13.1. The van der Waals surface area contributed by atoms with Crippen LogP contribution in [0.25, 0.3) is 11.5 Å². The Morgan fingerprint density at radius 1 is 1.13 bits per heavy atom. The van der Waals surface area contributed by atoms with Gasteiger partial charge in [-0.25, -0.2) is 15.0 Å². The van der Waals surface area contributed by atoms with Gasteiger partial charge in [0.1, 0.15) is 0 Å². The molecule has 0 radical (unpaired) electrons. The number of nitrogens with zero attached hydrogens (tertiary/aromatic N) is 5. The van der Waals surface area contributed by atoms with E-state index in [4.69, 9.17) is 20.2 Å². The number of rotatable bonds is 6. The molecule has 1 aliphatic carbocycles. The van der Waals surface area contributed by atoms with Gasteiger partial charge in [-0.1, -0.05) is 27.7 Å². The number of hydrogen-bond donors (Lipinski definition) is 1. The number of nitrogens with two attached hydrogens (primary N) is 1. The largest absolute Gasteiger partial charge is 0.454 e. The number of benzene rings is 1. The summed E-state index contributed by atoms with van der Waals surface area (Å²) in [7, 11) is 0. The highest BCUT2D eigenvalue weighted by Gasteiger charge is 2.68. The van der Waals surface area contributed by atoms with Crippen LogP contribution in [0.1, 0.15) is 47.0 Å². The van der Waals surface area contributed by atoms with E-state index in [1.807, 2.05) is 16.7 Å². The monoisotopic (exact) mass is 600 g/mol. The van der Waals surface area contributed by atoms with Crippen LogP contribution in [0, 0.1) is 22.7 Å². The minimum atomic E-state index is 0.0849. The number of ether oxygens (including phenoxy) is 2. The molecule has 6 rings (SSSR count). The van der Waals surface area contributed by atoms with Gasteiger partial charge in [0.2, 0.25) is 12.7 Å². The van der Waals surface area contributed by atoms with Gasteiger partial charge in [-0.2, -0.15) is 0 Å². The fourth-order valence-electron chi connectivity index (χ4n) is 5.98. The van der Waals surface area contributed by atoms with E-state index in [2.05, 4.69) is 58.5 Å². The third-order valence-electron chi connectivity index (χ3n) is 9.07. The molecular formula is C27H33BrN6O3S. The number of carbonyl (C=O) groups is 1. The first-order chi connectivity index (χ1) is 18.1. The van der Waals surface area contributed by atoms with Crippen molar-refractivity contribution in [3.63, 3.8) is 0 Å². The van der Waals surface area contributed by atoms with Crippen LogP contribution in [0.2, 0.25) is 0 Å². The number of fused-ring (bicyclic) bond motifs is 2. The number of nitrogen functional groups attached to an aromatic ring is 1. The highest BCUT2D eigenvalue weighted by atomic mass is 79.9. The molecule has 5 aliphatic rings. The minimum Gasteiger partial charge on any atom is -0.454 e. The quantitative estimate of drug-likeness (QED) is 0.405. The molecule has 4 heterocycles. The Morgan fingerprint density at radius 3 is 2.50 bits per heavy atom. The van der Waals surface area contributed by atoms with Crippen LogP contribution in [0.4, 0.5) is 5.82 Å². The first-order valence-corrected chi connectivity index (χ1v) is 14.7. The van der Waals surface area contributed by atoms with Gasteiger partial charge >= 0.3 is 0 Å². The van der Waals surface area contributed by atoms with Gasteiger partial charge in [-0.15, -0.1) is 0 Å². The number of aryl methyl sites for hydroxylation is 1. The molecule has 4 aliphatic heterocycles. The fraction of sp³-hybridized carbons (Fsp3) is 0.556. The van der Waals surface area contributed by atoms with Crippen molar-refractivity contribution in [3.8, 4) is 23.0 Å². The van der Waals surface area contributed by atoms with Crippen LogP contribution in [0.5, 0.6) is 11.5 Å². The number of hydrogen-bond acceptors (Lipinski definition) is 8. The van der Waals surface area contributed by atoms with Crippen LogP contribution >= 0.6 is 27.7 Å². The lowest BCUT2D eigenvalue weighted by Crippen LogP contribution is -2.40. The number of likely N-dealkylation sites (tertiary alicyclic amines) is 1. The Balaban J connectivity index is 1.10. The Kier molecular flexibility index (Phi) is 6.29. The zero-order valence-electron chi connectivity index (χ0n) is 22.2. The Labute approximate surface area is 235 Å². The van der Waals surface area contributed by atoms with Crippen molar-refractivity contribution in [2.75, 3.05) is 25.6 Å². The predicted molar refractivity (Wildman–Crippen MR) is 148 cm³/mol. The third-order valence-corrected chi connectivity index (χ3v) is 10.9. The van der Waals surface area contributed by atoms with Gasteiger partial charge in [0, 0.05) is 34.9 Å². The van der Waals surface area contributed by atoms with Crippen molar-refractivity contribution in [1.82, 2.24) is 24.4 Å². The molecule has 2 N–H and O–H groups in total. The zero-order valence-corrected chi connectivity index (χ0v) is 24.6. The molecule has 9 nitrogen and oxygen atoms in total. The van der Waals surface area contributed by atoms with Crippen LogP contribution in [-0.4, -0.2) is 50.2 Å². The number of halogens is 1. The van der Waals surface area contributed by atoms with E-state index in [1.165, 1.54) is 11.8 Å². The average Bonchev–Trinajstić information content (AvgIpc) is 3.31. The summed E-state index contributed by atoms with van der Waals surface area (Å²) in [6, 6.07) is 3.82. The molecule has 1 aromatic rings. The standard InChI is InChI=1S/C27H33BrN6O3S/c1-26(2)21(27(26,3)4)24(35)33-8-5-15(6-9-33)7-10-34-13-30-22(29)20-23(34)32-25(31-20)38-19-12-18-17(11-16(19)28)36-14-37-18/h11-13,15,21H,5-10,14,29H2,1-4H3. The van der Waals surface area contributed by atoms with Crippen molar-refractivity contribution >= 4 is 39.4 Å². The maximum Gasteiger partial charge on any atom is 0.231 e. The summed E-state index contributed by atoms with van der Waals surface area (Å²) in [5, 5.41) is 0.603. The molecular weight excluding hydrogens is 568 g/mol. The minimum absolute atomic E-state index is 0.0849. The summed E-state index contributed by atoms with van der Waals surface area (Å²) >= 11 is 5.05. The SMILES string of the molecule is CC1(C)C(C(=O)N2CCC(CCn3cnc(N)c4nc(Sc5cc6c(cc5Br)OCO6)nc3-4)CC2)C1(C)C. The molecule has 0 bridgehead atoms. The molecule has 1 saturated heterocycles. The summed E-state index contributed by atoms with van der Waals surface area (Å²) < 4.78 is 13.9.